The van der Waals surface area contributed by atoms with Gasteiger partial charge in [-0.3, -0.25) is 9.69 Å². The predicted molar refractivity (Wildman–Crippen MR) is 148 cm³/mol. The summed E-state index contributed by atoms with van der Waals surface area (Å²) in [7, 11) is 1.92. The largest absolute Gasteiger partial charge is 0.416 e. The summed E-state index contributed by atoms with van der Waals surface area (Å²) in [5.41, 5.74) is 1.93. The van der Waals surface area contributed by atoms with E-state index in [1.54, 1.807) is 12.4 Å². The molecule has 3 aromatic rings. The summed E-state index contributed by atoms with van der Waals surface area (Å²) in [6.45, 7) is 5.48. The SMILES string of the molecule is C[C@@H](c1cc2c(c(C(F)(F)F)c1)CN(c1cccc([C@H](c3nncn3C)C3CCC3)c1)C2=O)N1CCC2(CNC2)C1. The van der Waals surface area contributed by atoms with Gasteiger partial charge >= 0.3 is 6.18 Å². The molecule has 1 aromatic heterocycles. The summed E-state index contributed by atoms with van der Waals surface area (Å²) in [6, 6.07) is 10.5. The van der Waals surface area contributed by atoms with Gasteiger partial charge < -0.3 is 14.8 Å². The average molecular weight is 565 g/mol. The molecule has 1 saturated carbocycles. The second-order valence-electron chi connectivity index (χ2n) is 12.5. The summed E-state index contributed by atoms with van der Waals surface area (Å²) in [5, 5.41) is 11.8. The van der Waals surface area contributed by atoms with E-state index < -0.39 is 11.7 Å². The van der Waals surface area contributed by atoms with Gasteiger partial charge in [-0.2, -0.15) is 13.2 Å². The fourth-order valence-corrected chi connectivity index (χ4v) is 7.28. The number of aromatic nitrogens is 3. The van der Waals surface area contributed by atoms with Gasteiger partial charge in [0.25, 0.3) is 5.91 Å². The molecule has 7 nitrogen and oxygen atoms in total. The number of nitrogens with zero attached hydrogens (tertiary/aromatic N) is 5. The van der Waals surface area contributed by atoms with Gasteiger partial charge in [-0.15, -0.1) is 10.2 Å². The Bertz CT molecular complexity index is 1490. The van der Waals surface area contributed by atoms with E-state index in [-0.39, 0.29) is 41.0 Å². The Hall–Kier alpha value is -3.24. The molecule has 1 spiro atoms. The van der Waals surface area contributed by atoms with Crippen molar-refractivity contribution in [3.05, 3.63) is 76.4 Å². The maximum atomic E-state index is 14.4. The quantitative estimate of drug-likeness (QED) is 0.441. The molecule has 0 radical (unpaired) electrons. The average Bonchev–Trinajstić information content (AvgIpc) is 3.62. The third kappa shape index (κ3) is 4.46. The van der Waals surface area contributed by atoms with E-state index in [9.17, 15) is 18.0 Å². The number of likely N-dealkylation sites (tertiary alicyclic amines) is 1. The normalized spacial score (nSPS) is 22.1. The van der Waals surface area contributed by atoms with E-state index in [2.05, 4.69) is 20.4 Å². The second-order valence-corrected chi connectivity index (χ2v) is 12.5. The number of carbonyl (C=O) groups excluding carboxylic acids is 1. The van der Waals surface area contributed by atoms with Crippen LogP contribution in [0.15, 0.2) is 42.7 Å². The number of nitrogens with one attached hydrogen (secondary N) is 1. The van der Waals surface area contributed by atoms with Crippen molar-refractivity contribution in [3.8, 4) is 0 Å². The van der Waals surface area contributed by atoms with Gasteiger partial charge in [0.2, 0.25) is 0 Å². The molecule has 3 fully saturated rings. The van der Waals surface area contributed by atoms with Crippen molar-refractivity contribution in [1.82, 2.24) is 25.0 Å². The molecule has 0 unspecified atom stereocenters. The minimum absolute atomic E-state index is 0.0177. The molecule has 1 N–H and O–H groups in total. The number of hydrogen-bond acceptors (Lipinski definition) is 5. The van der Waals surface area contributed by atoms with Gasteiger partial charge in [0, 0.05) is 55.3 Å². The van der Waals surface area contributed by atoms with Gasteiger partial charge in [0.1, 0.15) is 12.2 Å². The molecule has 7 rings (SSSR count). The van der Waals surface area contributed by atoms with Crippen molar-refractivity contribution in [2.75, 3.05) is 31.1 Å². The van der Waals surface area contributed by atoms with Crippen molar-refractivity contribution >= 4 is 11.6 Å². The molecule has 1 amide bonds. The number of hydrogen-bond donors (Lipinski definition) is 1. The van der Waals surface area contributed by atoms with Crippen LogP contribution in [0.3, 0.4) is 0 Å². The van der Waals surface area contributed by atoms with Gasteiger partial charge in [-0.25, -0.2) is 0 Å². The van der Waals surface area contributed by atoms with Crippen LogP contribution in [0.25, 0.3) is 0 Å². The minimum Gasteiger partial charge on any atom is -0.320 e. The zero-order valence-corrected chi connectivity index (χ0v) is 23.4. The van der Waals surface area contributed by atoms with Crippen molar-refractivity contribution in [1.29, 1.82) is 0 Å². The molecule has 1 aliphatic carbocycles. The monoisotopic (exact) mass is 564 g/mol. The highest BCUT2D eigenvalue weighted by Gasteiger charge is 2.45. The zero-order chi connectivity index (χ0) is 28.5. The first kappa shape index (κ1) is 26.6. The number of amides is 1. The molecule has 0 bridgehead atoms. The maximum absolute atomic E-state index is 14.4. The molecule has 4 aliphatic rings. The summed E-state index contributed by atoms with van der Waals surface area (Å²) in [6.07, 6.45) is 1.51. The fourth-order valence-electron chi connectivity index (χ4n) is 7.28. The minimum atomic E-state index is -4.55. The Morgan fingerprint density at radius 3 is 2.54 bits per heavy atom. The van der Waals surface area contributed by atoms with Crippen LogP contribution >= 0.6 is 0 Å². The maximum Gasteiger partial charge on any atom is 0.416 e. The van der Waals surface area contributed by atoms with Gasteiger partial charge in [-0.1, -0.05) is 18.6 Å². The molecule has 2 saturated heterocycles. The standard InChI is InChI=1S/C31H35F3N6O/c1-19(39-10-9-30(17-39)15-35-16-30)22-12-24-25(26(13-22)31(32,33)34)14-40(29(24)41)23-8-4-7-21(11-23)27(20-5-3-6-20)28-37-36-18-38(28)2/h4,7-8,11-13,18-20,27,35H,3,5-6,9-10,14-17H2,1-2H3/t19-,27+/m0/s1. The number of benzene rings is 2. The number of carbonyl (C=O) groups is 1. The molecule has 2 aromatic carbocycles. The Labute approximate surface area is 237 Å². The first-order chi connectivity index (χ1) is 19.6. The lowest BCUT2D eigenvalue weighted by Gasteiger charge is -2.40. The van der Waals surface area contributed by atoms with Crippen LogP contribution in [0.2, 0.25) is 0 Å². The number of aryl methyl sites for hydroxylation is 1. The smallest absolute Gasteiger partial charge is 0.320 e. The number of alkyl halides is 3. The van der Waals surface area contributed by atoms with E-state index in [1.807, 2.05) is 42.8 Å². The first-order valence-corrected chi connectivity index (χ1v) is 14.6. The molecular weight excluding hydrogens is 529 g/mol. The van der Waals surface area contributed by atoms with Crippen molar-refractivity contribution in [2.45, 2.75) is 57.3 Å². The Balaban J connectivity index is 1.22. The van der Waals surface area contributed by atoms with E-state index in [0.29, 0.717) is 17.2 Å². The molecule has 216 valence electrons. The van der Waals surface area contributed by atoms with Crippen LogP contribution in [0.4, 0.5) is 18.9 Å². The van der Waals surface area contributed by atoms with Crippen LogP contribution in [-0.2, 0) is 19.8 Å². The van der Waals surface area contributed by atoms with Crippen molar-refractivity contribution in [3.63, 3.8) is 0 Å². The van der Waals surface area contributed by atoms with Gasteiger partial charge in [-0.05, 0) is 79.6 Å². The lowest BCUT2D eigenvalue weighted by atomic mass is 9.72. The Kier molecular flexibility index (Phi) is 6.28. The summed E-state index contributed by atoms with van der Waals surface area (Å²) in [5.74, 6) is 0.920. The highest BCUT2D eigenvalue weighted by atomic mass is 19.4. The number of halogens is 3. The summed E-state index contributed by atoms with van der Waals surface area (Å²) < 4.78 is 45.2. The van der Waals surface area contributed by atoms with E-state index >= 15 is 0 Å². The molecular formula is C31H35F3N6O. The lowest BCUT2D eigenvalue weighted by molar-refractivity contribution is -0.138. The summed E-state index contributed by atoms with van der Waals surface area (Å²) >= 11 is 0. The third-order valence-electron chi connectivity index (χ3n) is 10.1. The van der Waals surface area contributed by atoms with E-state index in [4.69, 9.17) is 0 Å². The van der Waals surface area contributed by atoms with Gasteiger partial charge in [0.05, 0.1) is 12.1 Å². The van der Waals surface area contributed by atoms with Crippen molar-refractivity contribution in [2.24, 2.45) is 18.4 Å². The topological polar surface area (TPSA) is 66.3 Å². The van der Waals surface area contributed by atoms with E-state index in [0.717, 1.165) is 63.3 Å². The molecule has 41 heavy (non-hydrogen) atoms. The third-order valence-corrected chi connectivity index (χ3v) is 10.1. The molecule has 2 atom stereocenters. The number of rotatable bonds is 6. The molecule has 3 aliphatic heterocycles. The van der Waals surface area contributed by atoms with Crippen LogP contribution < -0.4 is 10.2 Å². The number of fused-ring (bicyclic) bond motifs is 1. The lowest BCUT2D eigenvalue weighted by Crippen LogP contribution is -2.54. The second kappa shape index (κ2) is 9.66. The fraction of sp³-hybridized carbons (Fsp3) is 0.516. The van der Waals surface area contributed by atoms with E-state index in [1.165, 1.54) is 11.0 Å². The Morgan fingerprint density at radius 1 is 1.12 bits per heavy atom. The Morgan fingerprint density at radius 2 is 1.93 bits per heavy atom. The predicted octanol–water partition coefficient (Wildman–Crippen LogP) is 5.28. The van der Waals surface area contributed by atoms with Crippen LogP contribution in [-0.4, -0.2) is 51.8 Å². The van der Waals surface area contributed by atoms with Crippen LogP contribution in [0.5, 0.6) is 0 Å². The summed E-state index contributed by atoms with van der Waals surface area (Å²) in [4.78, 5) is 17.6. The molecule has 4 heterocycles. The van der Waals surface area contributed by atoms with Gasteiger partial charge in [0.15, 0.2) is 0 Å². The highest BCUT2D eigenvalue weighted by molar-refractivity contribution is 6.10. The zero-order valence-electron chi connectivity index (χ0n) is 23.4. The highest BCUT2D eigenvalue weighted by Crippen LogP contribution is 2.45. The van der Waals surface area contributed by atoms with Crippen LogP contribution in [0.1, 0.15) is 83.0 Å². The number of anilines is 1. The van der Waals surface area contributed by atoms with Crippen molar-refractivity contribution < 1.29 is 18.0 Å². The molecule has 10 heteroatoms. The first-order valence-electron chi connectivity index (χ1n) is 14.6. The van der Waals surface area contributed by atoms with Crippen LogP contribution in [0, 0.1) is 11.3 Å².